The molecule has 0 unspecified atom stereocenters. The van der Waals surface area contributed by atoms with Crippen molar-refractivity contribution in [3.8, 4) is 5.75 Å². The predicted octanol–water partition coefficient (Wildman–Crippen LogP) is 3.12. The van der Waals surface area contributed by atoms with Gasteiger partial charge in [-0.3, -0.25) is 9.59 Å². The summed E-state index contributed by atoms with van der Waals surface area (Å²) in [6.45, 7) is 2.95. The number of carbonyl (C=O) groups excluding carboxylic acids is 2. The highest BCUT2D eigenvalue weighted by molar-refractivity contribution is 6.00. The first-order valence-electron chi connectivity index (χ1n) is 9.18. The Labute approximate surface area is 163 Å². The van der Waals surface area contributed by atoms with Crippen LogP contribution in [0.3, 0.4) is 0 Å². The fourth-order valence-corrected chi connectivity index (χ4v) is 2.89. The number of nitrogens with zero attached hydrogens (tertiary/aromatic N) is 2. The zero-order valence-electron chi connectivity index (χ0n) is 15.6. The molecule has 2 aromatic carbocycles. The minimum atomic E-state index is -0.500. The quantitative estimate of drug-likeness (QED) is 0.590. The van der Waals surface area contributed by atoms with Gasteiger partial charge in [0.05, 0.1) is 18.7 Å². The van der Waals surface area contributed by atoms with E-state index in [9.17, 15) is 14.0 Å². The number of rotatable bonds is 7. The molecule has 6 nitrogen and oxygen atoms in total. The molecule has 2 aromatic rings. The Balaban J connectivity index is 1.53. The smallest absolute Gasteiger partial charge is 0.245 e. The van der Waals surface area contributed by atoms with E-state index in [1.54, 1.807) is 0 Å². The summed E-state index contributed by atoms with van der Waals surface area (Å²) in [4.78, 5) is 26.0. The number of hydrazone groups is 1. The van der Waals surface area contributed by atoms with Crippen LogP contribution in [0.5, 0.6) is 5.75 Å². The van der Waals surface area contributed by atoms with E-state index in [2.05, 4.69) is 10.5 Å². The molecule has 146 valence electrons. The summed E-state index contributed by atoms with van der Waals surface area (Å²) in [6, 6.07) is 13.0. The van der Waals surface area contributed by atoms with Gasteiger partial charge in [-0.15, -0.1) is 0 Å². The molecule has 0 aromatic heterocycles. The fourth-order valence-electron chi connectivity index (χ4n) is 2.89. The van der Waals surface area contributed by atoms with Gasteiger partial charge in [-0.05, 0) is 60.5 Å². The lowest BCUT2D eigenvalue weighted by Gasteiger charge is -2.16. The van der Waals surface area contributed by atoms with Gasteiger partial charge in [0.25, 0.3) is 0 Å². The van der Waals surface area contributed by atoms with Crippen LogP contribution >= 0.6 is 0 Å². The van der Waals surface area contributed by atoms with Gasteiger partial charge in [-0.2, -0.15) is 5.10 Å². The summed E-state index contributed by atoms with van der Waals surface area (Å²) in [5.41, 5.74) is 3.88. The Morgan fingerprint density at radius 2 is 1.96 bits per heavy atom. The summed E-state index contributed by atoms with van der Waals surface area (Å²) in [5.74, 6) is -0.576. The molecular formula is C21H22FN3O3. The average molecular weight is 383 g/mol. The summed E-state index contributed by atoms with van der Waals surface area (Å²) in [6.07, 6.45) is 2.58. The maximum atomic E-state index is 13.0. The molecule has 1 aliphatic heterocycles. The highest BCUT2D eigenvalue weighted by Gasteiger charge is 2.35. The van der Waals surface area contributed by atoms with E-state index in [0.29, 0.717) is 12.3 Å². The standard InChI is InChI=1S/C21H22FN3O3/c1-2-11-28-19-9-3-15(4-10-19)13-23-24-21(27)16-12-20(26)25(14-16)18-7-5-17(22)6-8-18/h3-10,13,16H,2,11-12,14H2,1H3,(H,24,27)/b23-13-/t16-/m1/s1. The number of benzene rings is 2. The predicted molar refractivity (Wildman–Crippen MR) is 105 cm³/mol. The number of hydrogen-bond acceptors (Lipinski definition) is 4. The van der Waals surface area contributed by atoms with Crippen molar-refractivity contribution in [1.29, 1.82) is 0 Å². The van der Waals surface area contributed by atoms with Gasteiger partial charge >= 0.3 is 0 Å². The highest BCUT2D eigenvalue weighted by Crippen LogP contribution is 2.25. The zero-order chi connectivity index (χ0) is 19.9. The maximum Gasteiger partial charge on any atom is 0.245 e. The fraction of sp³-hybridized carbons (Fsp3) is 0.286. The van der Waals surface area contributed by atoms with Crippen molar-refractivity contribution >= 4 is 23.7 Å². The molecular weight excluding hydrogens is 361 g/mol. The summed E-state index contributed by atoms with van der Waals surface area (Å²) < 4.78 is 18.6. The van der Waals surface area contributed by atoms with Crippen molar-refractivity contribution in [1.82, 2.24) is 5.43 Å². The Kier molecular flexibility index (Phi) is 6.37. The van der Waals surface area contributed by atoms with Gasteiger partial charge in [-0.25, -0.2) is 9.82 Å². The van der Waals surface area contributed by atoms with Crippen LogP contribution < -0.4 is 15.1 Å². The molecule has 1 atom stereocenters. The molecule has 1 N–H and O–H groups in total. The number of nitrogens with one attached hydrogen (secondary N) is 1. The first-order chi connectivity index (χ1) is 13.6. The second-order valence-electron chi connectivity index (χ2n) is 6.53. The maximum absolute atomic E-state index is 13.0. The molecule has 1 heterocycles. The number of amides is 2. The average Bonchev–Trinajstić information content (AvgIpc) is 3.09. The van der Waals surface area contributed by atoms with E-state index in [-0.39, 0.29) is 30.6 Å². The van der Waals surface area contributed by atoms with Crippen LogP contribution in [0.25, 0.3) is 0 Å². The Morgan fingerprint density at radius 3 is 2.64 bits per heavy atom. The molecule has 7 heteroatoms. The van der Waals surface area contributed by atoms with Gasteiger partial charge in [0.1, 0.15) is 11.6 Å². The first kappa shape index (κ1) is 19.5. The van der Waals surface area contributed by atoms with Gasteiger partial charge in [0.2, 0.25) is 11.8 Å². The number of hydrogen-bond donors (Lipinski definition) is 1. The number of ether oxygens (including phenoxy) is 1. The largest absolute Gasteiger partial charge is 0.494 e. The minimum absolute atomic E-state index is 0.0994. The Hall–Kier alpha value is -3.22. The third kappa shape index (κ3) is 4.94. The van der Waals surface area contributed by atoms with E-state index < -0.39 is 5.92 Å². The first-order valence-corrected chi connectivity index (χ1v) is 9.18. The minimum Gasteiger partial charge on any atom is -0.494 e. The third-order valence-corrected chi connectivity index (χ3v) is 4.38. The number of carbonyl (C=O) groups is 2. The molecule has 2 amide bonds. The Morgan fingerprint density at radius 1 is 1.25 bits per heavy atom. The van der Waals surface area contributed by atoms with Crippen LogP contribution in [0, 0.1) is 11.7 Å². The molecule has 0 saturated carbocycles. The van der Waals surface area contributed by atoms with E-state index in [1.807, 2.05) is 31.2 Å². The highest BCUT2D eigenvalue weighted by atomic mass is 19.1. The number of anilines is 1. The van der Waals surface area contributed by atoms with Crippen LogP contribution in [0.4, 0.5) is 10.1 Å². The second-order valence-corrected chi connectivity index (χ2v) is 6.53. The molecule has 1 aliphatic rings. The molecule has 1 fully saturated rings. The summed E-state index contributed by atoms with van der Waals surface area (Å²) in [5, 5.41) is 3.97. The van der Waals surface area contributed by atoms with Crippen LogP contribution in [-0.4, -0.2) is 31.2 Å². The van der Waals surface area contributed by atoms with Crippen LogP contribution in [0.2, 0.25) is 0 Å². The molecule has 3 rings (SSSR count). The zero-order valence-corrected chi connectivity index (χ0v) is 15.6. The SMILES string of the molecule is CCCOc1ccc(/C=N\NC(=O)[C@@H]2CC(=O)N(c3ccc(F)cc3)C2)cc1. The van der Waals surface area contributed by atoms with Crippen molar-refractivity contribution in [2.24, 2.45) is 11.0 Å². The van der Waals surface area contributed by atoms with Gasteiger partial charge in [0.15, 0.2) is 0 Å². The topological polar surface area (TPSA) is 71.0 Å². The van der Waals surface area contributed by atoms with Gasteiger partial charge in [0, 0.05) is 18.7 Å². The second kappa shape index (κ2) is 9.12. The van der Waals surface area contributed by atoms with E-state index in [1.165, 1.54) is 35.4 Å². The van der Waals surface area contributed by atoms with E-state index >= 15 is 0 Å². The number of halogens is 1. The van der Waals surface area contributed by atoms with Crippen molar-refractivity contribution in [2.75, 3.05) is 18.1 Å². The lowest BCUT2D eigenvalue weighted by atomic mass is 10.1. The van der Waals surface area contributed by atoms with Crippen LogP contribution in [0.1, 0.15) is 25.3 Å². The molecule has 0 aliphatic carbocycles. The molecule has 0 radical (unpaired) electrons. The lowest BCUT2D eigenvalue weighted by molar-refractivity contribution is -0.126. The molecule has 1 saturated heterocycles. The van der Waals surface area contributed by atoms with Crippen molar-refractivity contribution in [3.05, 3.63) is 59.9 Å². The van der Waals surface area contributed by atoms with Crippen molar-refractivity contribution in [2.45, 2.75) is 19.8 Å². The summed E-state index contributed by atoms with van der Waals surface area (Å²) >= 11 is 0. The third-order valence-electron chi connectivity index (χ3n) is 4.38. The van der Waals surface area contributed by atoms with E-state index in [0.717, 1.165) is 17.7 Å². The monoisotopic (exact) mass is 383 g/mol. The Bertz CT molecular complexity index is 850. The van der Waals surface area contributed by atoms with Gasteiger partial charge in [-0.1, -0.05) is 6.92 Å². The van der Waals surface area contributed by atoms with Crippen LogP contribution in [-0.2, 0) is 9.59 Å². The van der Waals surface area contributed by atoms with Gasteiger partial charge < -0.3 is 9.64 Å². The molecule has 0 bridgehead atoms. The molecule has 0 spiro atoms. The summed E-state index contributed by atoms with van der Waals surface area (Å²) in [7, 11) is 0. The lowest BCUT2D eigenvalue weighted by Crippen LogP contribution is -2.30. The van der Waals surface area contributed by atoms with Crippen LogP contribution in [0.15, 0.2) is 53.6 Å². The van der Waals surface area contributed by atoms with Crippen molar-refractivity contribution < 1.29 is 18.7 Å². The molecule has 28 heavy (non-hydrogen) atoms. The van der Waals surface area contributed by atoms with Crippen molar-refractivity contribution in [3.63, 3.8) is 0 Å². The van der Waals surface area contributed by atoms with E-state index in [4.69, 9.17) is 4.74 Å². The normalized spacial score (nSPS) is 16.6.